The summed E-state index contributed by atoms with van der Waals surface area (Å²) < 4.78 is 6.73. The Balaban J connectivity index is 1.67. The van der Waals surface area contributed by atoms with Crippen LogP contribution in [0.15, 0.2) is 76.8 Å². The number of aliphatic imine (C=N–C) groups is 1. The first-order valence-corrected chi connectivity index (χ1v) is 12.7. The number of phenols is 1. The van der Waals surface area contributed by atoms with Crippen molar-refractivity contribution in [2.24, 2.45) is 10.1 Å². The standard InChI is InChI=1S/C30H27N5O5/c1-5-40-29(39)22-16-21(36)14-15-23(22)31-25-24(17-10-12-20(13-11-17)30(2,3)4)34-35-26(32-33-27(25)35)18-6-8-19(9-7-18)28(37)38/h6-16,36H,5H2,1-4H3,(H,37,38). The van der Waals surface area contributed by atoms with Gasteiger partial charge >= 0.3 is 11.9 Å². The number of aromatic carboxylic acids is 1. The second-order valence-corrected chi connectivity index (χ2v) is 10.2. The van der Waals surface area contributed by atoms with Crippen LogP contribution in [0.2, 0.25) is 0 Å². The molecular weight excluding hydrogens is 510 g/mol. The first-order valence-electron chi connectivity index (χ1n) is 12.7. The number of esters is 1. The number of nitrogens with zero attached hydrogens (tertiary/aromatic N) is 5. The fraction of sp³-hybridized carbons (Fsp3) is 0.200. The van der Waals surface area contributed by atoms with E-state index in [2.05, 4.69) is 31.0 Å². The normalized spacial score (nSPS) is 13.7. The van der Waals surface area contributed by atoms with Gasteiger partial charge in [-0.25, -0.2) is 14.6 Å². The minimum absolute atomic E-state index is 0.0421. The highest BCUT2D eigenvalue weighted by molar-refractivity contribution is 6.54. The molecule has 0 aliphatic carbocycles. The molecule has 1 aliphatic rings. The Kier molecular flexibility index (Phi) is 6.76. The van der Waals surface area contributed by atoms with Gasteiger partial charge in [-0.2, -0.15) is 9.78 Å². The first-order chi connectivity index (χ1) is 19.1. The van der Waals surface area contributed by atoms with Crippen LogP contribution in [0.25, 0.3) is 11.4 Å². The minimum Gasteiger partial charge on any atom is -0.508 e. The molecule has 10 heteroatoms. The average Bonchev–Trinajstić information content (AvgIpc) is 3.49. The number of carbonyl (C=O) groups excluding carboxylic acids is 1. The molecule has 2 heterocycles. The third kappa shape index (κ3) is 4.98. The number of aromatic hydroxyl groups is 1. The second-order valence-electron chi connectivity index (χ2n) is 10.2. The number of rotatable bonds is 6. The van der Waals surface area contributed by atoms with Crippen molar-refractivity contribution in [3.63, 3.8) is 0 Å². The maximum Gasteiger partial charge on any atom is 0.340 e. The molecule has 0 saturated heterocycles. The number of benzene rings is 3. The zero-order valence-electron chi connectivity index (χ0n) is 22.4. The Labute approximate surface area is 230 Å². The van der Waals surface area contributed by atoms with Crippen LogP contribution in [-0.4, -0.2) is 55.1 Å². The van der Waals surface area contributed by atoms with Crippen LogP contribution in [0.5, 0.6) is 5.75 Å². The maximum atomic E-state index is 12.7. The van der Waals surface area contributed by atoms with Crippen molar-refractivity contribution in [1.29, 1.82) is 0 Å². The number of fused-ring (bicyclic) bond motifs is 1. The third-order valence-corrected chi connectivity index (χ3v) is 6.40. The van der Waals surface area contributed by atoms with Gasteiger partial charge in [0.15, 0.2) is 5.82 Å². The topological polar surface area (TPSA) is 139 Å². The lowest BCUT2D eigenvalue weighted by atomic mass is 9.86. The van der Waals surface area contributed by atoms with E-state index in [1.165, 1.54) is 30.3 Å². The summed E-state index contributed by atoms with van der Waals surface area (Å²) in [6, 6.07) is 18.5. The summed E-state index contributed by atoms with van der Waals surface area (Å²) in [6.07, 6.45) is 0. The first kappa shape index (κ1) is 26.5. The number of aromatic nitrogens is 3. The number of ether oxygens (including phenoxy) is 1. The summed E-state index contributed by atoms with van der Waals surface area (Å²) in [4.78, 5) is 28.8. The van der Waals surface area contributed by atoms with Crippen LogP contribution in [0.3, 0.4) is 0 Å². The fourth-order valence-electron chi connectivity index (χ4n) is 4.26. The summed E-state index contributed by atoms with van der Waals surface area (Å²) in [5.74, 6) is -1.00. The molecule has 1 aromatic heterocycles. The van der Waals surface area contributed by atoms with Crippen LogP contribution in [0, 0.1) is 0 Å². The van der Waals surface area contributed by atoms with Crippen LogP contribution in [0.1, 0.15) is 65.4 Å². The van der Waals surface area contributed by atoms with Gasteiger partial charge in [0.05, 0.1) is 23.4 Å². The van der Waals surface area contributed by atoms with Crippen molar-refractivity contribution in [2.75, 3.05) is 6.61 Å². The number of carboxylic acids is 1. The van der Waals surface area contributed by atoms with E-state index >= 15 is 0 Å². The molecule has 0 radical (unpaired) electrons. The Morgan fingerprint density at radius 1 is 0.925 bits per heavy atom. The van der Waals surface area contributed by atoms with E-state index in [4.69, 9.17) is 14.8 Å². The van der Waals surface area contributed by atoms with Crippen molar-refractivity contribution >= 4 is 29.0 Å². The van der Waals surface area contributed by atoms with Gasteiger partial charge in [-0.05, 0) is 48.2 Å². The number of phenolic OH excluding ortho intramolecular Hbond substituents is 1. The molecule has 3 aromatic carbocycles. The van der Waals surface area contributed by atoms with E-state index < -0.39 is 11.9 Å². The molecule has 0 bridgehead atoms. The molecule has 0 fully saturated rings. The SMILES string of the molecule is CCOC(=O)c1cc(O)ccc1N=C1C(c2ccc(C(C)(C)C)cc2)=Nn2c1nnc2-c1ccc(C(=O)O)cc1. The lowest BCUT2D eigenvalue weighted by molar-refractivity contribution is 0.0526. The fourth-order valence-corrected chi connectivity index (χ4v) is 4.26. The van der Waals surface area contributed by atoms with Gasteiger partial charge in [-0.1, -0.05) is 57.2 Å². The Morgan fingerprint density at radius 2 is 1.57 bits per heavy atom. The highest BCUT2D eigenvalue weighted by atomic mass is 16.5. The molecule has 0 atom stereocenters. The van der Waals surface area contributed by atoms with Crippen LogP contribution in [0.4, 0.5) is 5.69 Å². The Morgan fingerprint density at radius 3 is 2.20 bits per heavy atom. The average molecular weight is 538 g/mol. The summed E-state index contributed by atoms with van der Waals surface area (Å²) in [7, 11) is 0. The molecule has 202 valence electrons. The zero-order valence-corrected chi connectivity index (χ0v) is 22.4. The number of carbonyl (C=O) groups is 2. The smallest absolute Gasteiger partial charge is 0.340 e. The quantitative estimate of drug-likeness (QED) is 0.322. The number of carboxylic acid groups (broad SMARTS) is 1. The molecule has 0 amide bonds. The number of hydrogen-bond acceptors (Lipinski definition) is 8. The number of hydrogen-bond donors (Lipinski definition) is 2. The van der Waals surface area contributed by atoms with Gasteiger partial charge in [0.25, 0.3) is 0 Å². The molecule has 0 spiro atoms. The summed E-state index contributed by atoms with van der Waals surface area (Å²) >= 11 is 0. The van der Waals surface area contributed by atoms with Crippen molar-refractivity contribution in [3.05, 3.63) is 94.8 Å². The maximum absolute atomic E-state index is 12.7. The van der Waals surface area contributed by atoms with E-state index in [1.807, 2.05) is 24.3 Å². The zero-order chi connectivity index (χ0) is 28.6. The summed E-state index contributed by atoms with van der Waals surface area (Å²) in [5, 5.41) is 32.8. The lowest BCUT2D eigenvalue weighted by Gasteiger charge is -2.19. The monoisotopic (exact) mass is 537 g/mol. The van der Waals surface area contributed by atoms with Gasteiger partial charge in [-0.15, -0.1) is 10.2 Å². The van der Waals surface area contributed by atoms with E-state index in [-0.39, 0.29) is 34.6 Å². The predicted octanol–water partition coefficient (Wildman–Crippen LogP) is 5.21. The Bertz CT molecular complexity index is 1680. The lowest BCUT2D eigenvalue weighted by Crippen LogP contribution is -2.16. The third-order valence-electron chi connectivity index (χ3n) is 6.40. The molecule has 2 N–H and O–H groups in total. The molecule has 0 unspecified atom stereocenters. The molecular formula is C30H27N5O5. The van der Waals surface area contributed by atoms with Crippen molar-refractivity contribution in [2.45, 2.75) is 33.1 Å². The minimum atomic E-state index is -1.03. The van der Waals surface area contributed by atoms with Gasteiger partial charge < -0.3 is 14.9 Å². The van der Waals surface area contributed by atoms with E-state index in [1.54, 1.807) is 23.7 Å². The molecule has 1 aliphatic heterocycles. The van der Waals surface area contributed by atoms with E-state index in [0.29, 0.717) is 28.6 Å². The van der Waals surface area contributed by atoms with E-state index in [0.717, 1.165) is 11.1 Å². The second kappa shape index (κ2) is 10.2. The van der Waals surface area contributed by atoms with Crippen molar-refractivity contribution in [1.82, 2.24) is 14.9 Å². The predicted molar refractivity (Wildman–Crippen MR) is 150 cm³/mol. The van der Waals surface area contributed by atoms with E-state index in [9.17, 15) is 19.8 Å². The van der Waals surface area contributed by atoms with Crippen LogP contribution in [-0.2, 0) is 10.2 Å². The van der Waals surface area contributed by atoms with Crippen LogP contribution >= 0.6 is 0 Å². The molecule has 40 heavy (non-hydrogen) atoms. The van der Waals surface area contributed by atoms with Crippen molar-refractivity contribution in [3.8, 4) is 17.1 Å². The summed E-state index contributed by atoms with van der Waals surface area (Å²) in [6.45, 7) is 8.25. The summed E-state index contributed by atoms with van der Waals surface area (Å²) in [5.41, 5.74) is 3.91. The highest BCUT2D eigenvalue weighted by Crippen LogP contribution is 2.30. The molecule has 5 rings (SSSR count). The van der Waals surface area contributed by atoms with Gasteiger partial charge in [0.1, 0.15) is 17.2 Å². The van der Waals surface area contributed by atoms with Gasteiger partial charge in [0, 0.05) is 11.1 Å². The van der Waals surface area contributed by atoms with Crippen LogP contribution < -0.4 is 0 Å². The van der Waals surface area contributed by atoms with Gasteiger partial charge in [-0.3, -0.25) is 0 Å². The molecule has 4 aromatic rings. The highest BCUT2D eigenvalue weighted by Gasteiger charge is 2.31. The largest absolute Gasteiger partial charge is 0.508 e. The van der Waals surface area contributed by atoms with Gasteiger partial charge in [0.2, 0.25) is 5.82 Å². The molecule has 10 nitrogen and oxygen atoms in total. The Hall–Kier alpha value is -5.12. The molecule has 0 saturated carbocycles. The van der Waals surface area contributed by atoms with Crippen molar-refractivity contribution < 1.29 is 24.5 Å².